The molecule has 0 amide bonds. The van der Waals surface area contributed by atoms with Crippen LogP contribution >= 0.6 is 0 Å². The van der Waals surface area contributed by atoms with Gasteiger partial charge in [0.1, 0.15) is 4.75 Å². The van der Waals surface area contributed by atoms with E-state index in [1.807, 2.05) is 20.8 Å². The summed E-state index contributed by atoms with van der Waals surface area (Å²) < 4.78 is 22.7. The summed E-state index contributed by atoms with van der Waals surface area (Å²) in [7, 11) is -2.48. The molecule has 1 aliphatic rings. The molecule has 0 bridgehead atoms. The predicted octanol–water partition coefficient (Wildman–Crippen LogP) is 4.64. The average molecular weight is 458 g/mol. The molecule has 3 rings (SSSR count). The molecule has 0 aliphatic heterocycles. The van der Waals surface area contributed by atoms with Crippen molar-refractivity contribution >= 4 is 30.1 Å². The number of hydrogen-bond donors (Lipinski definition) is 1. The molecule has 5 heteroatoms. The minimum atomic E-state index is -2.48. The molecule has 0 heterocycles. The van der Waals surface area contributed by atoms with E-state index in [4.69, 9.17) is 4.43 Å². The summed E-state index contributed by atoms with van der Waals surface area (Å²) in [5.41, 5.74) is 0. The topological polar surface area (TPSA) is 44.3 Å². The first-order valence-electron chi connectivity index (χ1n) is 11.4. The van der Waals surface area contributed by atoms with Gasteiger partial charge in [-0.25, -0.2) is 0 Å². The second kappa shape index (κ2) is 9.40. The van der Waals surface area contributed by atoms with Gasteiger partial charge in [-0.15, -0.1) is 4.72 Å². The van der Waals surface area contributed by atoms with Crippen LogP contribution < -0.4 is 15.1 Å². The van der Waals surface area contributed by atoms with E-state index in [0.717, 1.165) is 13.0 Å². The molecule has 1 aliphatic carbocycles. The van der Waals surface area contributed by atoms with Gasteiger partial charge >= 0.3 is 0 Å². The minimum Gasteiger partial charge on any atom is -0.598 e. The number of hydrogen-bond acceptors (Lipinski definition) is 3. The third-order valence-electron chi connectivity index (χ3n) is 6.40. The van der Waals surface area contributed by atoms with E-state index in [1.54, 1.807) is 0 Å². The second-order valence-corrected chi connectivity index (χ2v) is 17.2. The molecular formula is C26H39NO2SSi. The van der Waals surface area contributed by atoms with Crippen molar-refractivity contribution in [2.24, 2.45) is 11.8 Å². The molecule has 2 aromatic rings. The maximum Gasteiger partial charge on any atom is 0.261 e. The minimum absolute atomic E-state index is 0.00229. The molecule has 1 saturated carbocycles. The van der Waals surface area contributed by atoms with Gasteiger partial charge in [0.15, 0.2) is 0 Å². The van der Waals surface area contributed by atoms with Crippen LogP contribution in [0.1, 0.15) is 54.9 Å². The first-order valence-corrected chi connectivity index (χ1v) is 14.5. The fourth-order valence-electron chi connectivity index (χ4n) is 4.50. The Bertz CT molecular complexity index is 792. The first kappa shape index (κ1) is 24.5. The van der Waals surface area contributed by atoms with Crippen LogP contribution in [0.2, 0.25) is 5.04 Å². The molecule has 31 heavy (non-hydrogen) atoms. The zero-order chi connectivity index (χ0) is 22.9. The Morgan fingerprint density at radius 2 is 1.45 bits per heavy atom. The van der Waals surface area contributed by atoms with Crippen LogP contribution in [0.15, 0.2) is 60.7 Å². The van der Waals surface area contributed by atoms with Crippen LogP contribution in [-0.2, 0) is 15.8 Å². The Kier molecular flexibility index (Phi) is 7.44. The Morgan fingerprint density at radius 3 is 1.87 bits per heavy atom. The fraction of sp³-hybridized carbons (Fsp3) is 0.538. The molecule has 170 valence electrons. The lowest BCUT2D eigenvalue weighted by molar-refractivity contribution is 0.270. The van der Waals surface area contributed by atoms with Gasteiger partial charge in [0, 0.05) is 18.0 Å². The third kappa shape index (κ3) is 5.45. The molecule has 0 aromatic heterocycles. The molecule has 1 fully saturated rings. The first-order chi connectivity index (χ1) is 14.5. The largest absolute Gasteiger partial charge is 0.598 e. The van der Waals surface area contributed by atoms with Crippen LogP contribution in [0, 0.1) is 11.8 Å². The number of nitrogens with one attached hydrogen (secondary N) is 1. The second-order valence-electron chi connectivity index (χ2n) is 10.9. The SMILES string of the molecule is C[C@H](N[S+]([O-])C(C)(C)C)[C@@H]1C[C@H]1CO[Si](c1ccccc1)(c1ccccc1)C(C)(C)C. The quantitative estimate of drug-likeness (QED) is 0.464. The lowest BCUT2D eigenvalue weighted by Gasteiger charge is -2.43. The van der Waals surface area contributed by atoms with Crippen molar-refractivity contribution in [2.75, 3.05) is 6.61 Å². The summed E-state index contributed by atoms with van der Waals surface area (Å²) in [6, 6.07) is 21.9. The zero-order valence-electron chi connectivity index (χ0n) is 20.1. The van der Waals surface area contributed by atoms with Gasteiger partial charge < -0.3 is 8.98 Å². The summed E-state index contributed by atoms with van der Waals surface area (Å²) in [5.74, 6) is 1.03. The smallest absolute Gasteiger partial charge is 0.261 e. The Labute approximate surface area is 193 Å². The Hall–Kier alpha value is -1.11. The highest BCUT2D eigenvalue weighted by Crippen LogP contribution is 2.44. The maximum atomic E-state index is 12.5. The van der Waals surface area contributed by atoms with E-state index in [0.29, 0.717) is 11.8 Å². The van der Waals surface area contributed by atoms with Crippen molar-refractivity contribution in [3.8, 4) is 0 Å². The van der Waals surface area contributed by atoms with Crippen molar-refractivity contribution in [3.63, 3.8) is 0 Å². The lowest BCUT2D eigenvalue weighted by atomic mass is 10.2. The molecular weight excluding hydrogens is 418 g/mol. The third-order valence-corrected chi connectivity index (χ3v) is 13.1. The highest BCUT2D eigenvalue weighted by molar-refractivity contribution is 7.90. The number of benzene rings is 2. The van der Waals surface area contributed by atoms with Gasteiger partial charge in [-0.1, -0.05) is 81.4 Å². The number of rotatable bonds is 8. The van der Waals surface area contributed by atoms with E-state index in [9.17, 15) is 4.55 Å². The van der Waals surface area contributed by atoms with Crippen molar-refractivity contribution in [1.82, 2.24) is 4.72 Å². The molecule has 2 aromatic carbocycles. The van der Waals surface area contributed by atoms with Crippen molar-refractivity contribution in [1.29, 1.82) is 0 Å². The molecule has 0 saturated heterocycles. The molecule has 3 nitrogen and oxygen atoms in total. The average Bonchev–Trinajstić information content (AvgIpc) is 3.48. The summed E-state index contributed by atoms with van der Waals surface area (Å²) >= 11 is -1.04. The van der Waals surface area contributed by atoms with E-state index in [1.165, 1.54) is 10.4 Å². The Morgan fingerprint density at radius 1 is 0.968 bits per heavy atom. The molecule has 1 unspecified atom stereocenters. The summed E-state index contributed by atoms with van der Waals surface area (Å²) in [6.07, 6.45) is 1.13. The standard InChI is InChI=1S/C26H39NO2SSi/c1-20(27-30(28)25(2,3)4)24-18-21(24)19-29-31(26(5,6)7,22-14-10-8-11-15-22)23-16-12-9-13-17-23/h8-17,20-21,24,27H,18-19H2,1-7H3/t20-,21-,24-,30?/m0/s1. The van der Waals surface area contributed by atoms with Crippen molar-refractivity contribution < 1.29 is 8.98 Å². The van der Waals surface area contributed by atoms with Gasteiger partial charge in [-0.2, -0.15) is 0 Å². The van der Waals surface area contributed by atoms with Crippen LogP contribution in [0.25, 0.3) is 0 Å². The summed E-state index contributed by atoms with van der Waals surface area (Å²) in [6.45, 7) is 15.9. The van der Waals surface area contributed by atoms with Gasteiger partial charge in [0.05, 0.1) is 6.04 Å². The highest BCUT2D eigenvalue weighted by atomic mass is 32.2. The van der Waals surface area contributed by atoms with E-state index in [2.05, 4.69) is 93.1 Å². The van der Waals surface area contributed by atoms with Crippen molar-refractivity contribution in [2.45, 2.75) is 70.7 Å². The van der Waals surface area contributed by atoms with E-state index < -0.39 is 19.7 Å². The van der Waals surface area contributed by atoms with Crippen molar-refractivity contribution in [3.05, 3.63) is 60.7 Å². The van der Waals surface area contributed by atoms with Gasteiger partial charge in [0.2, 0.25) is 0 Å². The molecule has 4 atom stereocenters. The highest BCUT2D eigenvalue weighted by Gasteiger charge is 2.52. The van der Waals surface area contributed by atoms with Gasteiger partial charge in [-0.3, -0.25) is 0 Å². The van der Waals surface area contributed by atoms with Crippen LogP contribution in [0.5, 0.6) is 0 Å². The molecule has 0 spiro atoms. The normalized spacial score (nSPS) is 21.5. The fourth-order valence-corrected chi connectivity index (χ4v) is 9.99. The van der Waals surface area contributed by atoms with Crippen LogP contribution in [0.4, 0.5) is 0 Å². The van der Waals surface area contributed by atoms with Crippen LogP contribution in [-0.4, -0.2) is 30.3 Å². The molecule has 0 radical (unpaired) electrons. The van der Waals surface area contributed by atoms with E-state index >= 15 is 0 Å². The summed E-state index contributed by atoms with van der Waals surface area (Å²) in [4.78, 5) is 0. The monoisotopic (exact) mass is 457 g/mol. The Balaban J connectivity index is 1.80. The molecule has 1 N–H and O–H groups in total. The van der Waals surface area contributed by atoms with E-state index in [-0.39, 0.29) is 15.8 Å². The summed E-state index contributed by atoms with van der Waals surface area (Å²) in [5, 5.41) is 2.65. The van der Waals surface area contributed by atoms with Gasteiger partial charge in [0.25, 0.3) is 8.32 Å². The predicted molar refractivity (Wildman–Crippen MR) is 136 cm³/mol. The lowest BCUT2D eigenvalue weighted by Crippen LogP contribution is -2.66. The maximum absolute atomic E-state index is 12.5. The zero-order valence-corrected chi connectivity index (χ0v) is 22.0. The van der Waals surface area contributed by atoms with Gasteiger partial charge in [-0.05, 0) is 61.4 Å². The van der Waals surface area contributed by atoms with Crippen LogP contribution in [0.3, 0.4) is 0 Å².